The number of phenols is 1. The van der Waals surface area contributed by atoms with Gasteiger partial charge in [0, 0.05) is 5.39 Å². The van der Waals surface area contributed by atoms with Crippen LogP contribution in [0.1, 0.15) is 30.4 Å². The average molecular weight is 581 g/mol. The summed E-state index contributed by atoms with van der Waals surface area (Å²) in [5.41, 5.74) is 4.26. The van der Waals surface area contributed by atoms with Gasteiger partial charge in [0.2, 0.25) is 11.8 Å². The highest BCUT2D eigenvalue weighted by atomic mass is 16.5. The van der Waals surface area contributed by atoms with Gasteiger partial charge in [0.05, 0.1) is 31.7 Å². The molecule has 0 bridgehead atoms. The van der Waals surface area contributed by atoms with Gasteiger partial charge in [-0.1, -0.05) is 66.7 Å². The van der Waals surface area contributed by atoms with Crippen LogP contribution in [0.15, 0.2) is 77.9 Å². The third-order valence-corrected chi connectivity index (χ3v) is 8.94. The zero-order valence-electron chi connectivity index (χ0n) is 23.7. The summed E-state index contributed by atoms with van der Waals surface area (Å²) in [6, 6.07) is 21.1. The molecule has 1 aliphatic carbocycles. The van der Waals surface area contributed by atoms with E-state index in [-0.39, 0.29) is 25.1 Å². The van der Waals surface area contributed by atoms with E-state index in [9.17, 15) is 29.6 Å². The Morgan fingerprint density at radius 3 is 2.47 bits per heavy atom. The van der Waals surface area contributed by atoms with Gasteiger partial charge in [-0.25, -0.2) is 4.79 Å². The van der Waals surface area contributed by atoms with Gasteiger partial charge in [-0.05, 0) is 70.8 Å². The highest BCUT2D eigenvalue weighted by Crippen LogP contribution is 2.50. The van der Waals surface area contributed by atoms with E-state index in [4.69, 9.17) is 4.65 Å². The summed E-state index contributed by atoms with van der Waals surface area (Å²) >= 11 is 0. The first-order chi connectivity index (χ1) is 20.8. The standard InChI is InChI=1S/C33H32BNO8/c1-42-33(40)35-31(38)25-16-22(18-36)29-26(30(25)32(35)39)17-34(41)43-28(29)14-12-20(19-7-3-2-4-8-19)15-21-11-13-27(37)24-10-6-5-9-23(21)24/h2-11,13,15,25-26,28,30,36-37,41H,12,14,16-18H2,1H3/b20-15-/t25-,26+,28-,30-/m1/s1. The molecule has 3 aliphatic rings. The Balaban J connectivity index is 1.35. The van der Waals surface area contributed by atoms with Crippen molar-refractivity contribution in [1.29, 1.82) is 0 Å². The van der Waals surface area contributed by atoms with E-state index in [2.05, 4.69) is 10.8 Å². The third kappa shape index (κ3) is 5.16. The second-order valence-corrected chi connectivity index (χ2v) is 11.3. The van der Waals surface area contributed by atoms with Gasteiger partial charge >= 0.3 is 13.2 Å². The molecule has 0 aromatic heterocycles. The number of likely N-dealkylation sites (tertiary alicyclic amines) is 1. The summed E-state index contributed by atoms with van der Waals surface area (Å²) in [7, 11) is -0.0708. The molecule has 3 aromatic rings. The lowest BCUT2D eigenvalue weighted by molar-refractivity contribution is -0.137. The Labute approximate surface area is 249 Å². The van der Waals surface area contributed by atoms with Crippen molar-refractivity contribution in [2.45, 2.75) is 31.7 Å². The topological polar surface area (TPSA) is 134 Å². The number of amides is 3. The fourth-order valence-corrected chi connectivity index (χ4v) is 7.04. The predicted octanol–water partition coefficient (Wildman–Crippen LogP) is 4.42. The summed E-state index contributed by atoms with van der Waals surface area (Å²) in [5.74, 6) is -3.29. The molecular formula is C33H32BNO8. The summed E-state index contributed by atoms with van der Waals surface area (Å²) in [6.45, 7) is -0.328. The van der Waals surface area contributed by atoms with Gasteiger partial charge in [-0.15, -0.1) is 0 Å². The van der Waals surface area contributed by atoms with Crippen LogP contribution in [0.2, 0.25) is 6.32 Å². The number of rotatable bonds is 6. The molecule has 3 N–H and O–H groups in total. The Kier molecular flexibility index (Phi) is 7.92. The highest BCUT2D eigenvalue weighted by Gasteiger charge is 2.59. The maximum atomic E-state index is 13.4. The number of hydrogen-bond acceptors (Lipinski definition) is 8. The monoisotopic (exact) mass is 581 g/mol. The van der Waals surface area contributed by atoms with Crippen LogP contribution >= 0.6 is 0 Å². The second-order valence-electron chi connectivity index (χ2n) is 11.3. The molecule has 43 heavy (non-hydrogen) atoms. The maximum absolute atomic E-state index is 13.4. The molecule has 6 rings (SSSR count). The summed E-state index contributed by atoms with van der Waals surface area (Å²) in [4.78, 5) is 39.3. The number of phenolic OH excluding ortho intramolecular Hbond substituents is 1. The molecule has 0 spiro atoms. The molecule has 0 radical (unpaired) electrons. The molecule has 2 saturated heterocycles. The molecule has 2 heterocycles. The minimum absolute atomic E-state index is 0.0748. The van der Waals surface area contributed by atoms with Crippen LogP contribution in [0, 0.1) is 17.8 Å². The summed E-state index contributed by atoms with van der Waals surface area (Å²) in [6.07, 6.45) is 1.60. The zero-order valence-corrected chi connectivity index (χ0v) is 23.7. The van der Waals surface area contributed by atoms with E-state index in [0.29, 0.717) is 23.3 Å². The normalized spacial score (nSPS) is 23.9. The number of benzene rings is 3. The minimum Gasteiger partial charge on any atom is -0.507 e. The number of imide groups is 3. The number of fused-ring (bicyclic) bond motifs is 4. The van der Waals surface area contributed by atoms with Gasteiger partial charge < -0.3 is 24.6 Å². The van der Waals surface area contributed by atoms with Crippen LogP contribution in [-0.2, 0) is 19.0 Å². The van der Waals surface area contributed by atoms with Crippen LogP contribution in [0.25, 0.3) is 22.4 Å². The van der Waals surface area contributed by atoms with Crippen LogP contribution < -0.4 is 0 Å². The van der Waals surface area contributed by atoms with Gasteiger partial charge in [0.25, 0.3) is 0 Å². The molecule has 220 valence electrons. The molecular weight excluding hydrogens is 549 g/mol. The number of aliphatic hydroxyl groups excluding tert-OH is 1. The number of aliphatic hydroxyl groups is 1. The first-order valence-corrected chi connectivity index (χ1v) is 14.4. The number of aromatic hydroxyl groups is 1. The molecule has 0 saturated carbocycles. The molecule has 2 aliphatic heterocycles. The number of methoxy groups -OCH3 is 1. The molecule has 10 heteroatoms. The number of hydrogen-bond donors (Lipinski definition) is 3. The fraction of sp³-hybridized carbons (Fsp3) is 0.303. The molecule has 3 aromatic carbocycles. The molecule has 4 atom stereocenters. The van der Waals surface area contributed by atoms with E-state index in [1.807, 2.05) is 60.7 Å². The Morgan fingerprint density at radius 2 is 1.74 bits per heavy atom. The number of carbonyl (C=O) groups is 3. The lowest BCUT2D eigenvalue weighted by atomic mass is 9.58. The van der Waals surface area contributed by atoms with E-state index in [0.717, 1.165) is 40.2 Å². The SMILES string of the molecule is COC(=O)N1C(=O)[C@@H]2[C@@H](CC(CO)=C3[C@@H](CC/C(=C/c4ccc(O)c5ccccc45)c4ccccc4)OB(O)C[C@@H]32)C1=O. The number of ether oxygens (including phenoxy) is 1. The van der Waals surface area contributed by atoms with Crippen molar-refractivity contribution in [2.75, 3.05) is 13.7 Å². The van der Waals surface area contributed by atoms with Gasteiger partial charge in [0.15, 0.2) is 0 Å². The highest BCUT2D eigenvalue weighted by molar-refractivity contribution is 6.43. The zero-order chi connectivity index (χ0) is 30.2. The predicted molar refractivity (Wildman–Crippen MR) is 160 cm³/mol. The Hall–Kier alpha value is -4.25. The molecule has 0 unspecified atom stereocenters. The molecule has 9 nitrogen and oxygen atoms in total. The van der Waals surface area contributed by atoms with Crippen LogP contribution in [0.5, 0.6) is 5.75 Å². The lowest BCUT2D eigenvalue weighted by Gasteiger charge is -2.42. The van der Waals surface area contributed by atoms with Crippen LogP contribution in [0.4, 0.5) is 4.79 Å². The van der Waals surface area contributed by atoms with Crippen molar-refractivity contribution in [3.8, 4) is 5.75 Å². The third-order valence-electron chi connectivity index (χ3n) is 8.94. The van der Waals surface area contributed by atoms with E-state index in [1.54, 1.807) is 6.07 Å². The maximum Gasteiger partial charge on any atom is 0.455 e. The van der Waals surface area contributed by atoms with Crippen molar-refractivity contribution >= 4 is 47.4 Å². The lowest BCUT2D eigenvalue weighted by Crippen LogP contribution is -2.46. The van der Waals surface area contributed by atoms with E-state index >= 15 is 0 Å². The fourth-order valence-electron chi connectivity index (χ4n) is 7.04. The Morgan fingerprint density at radius 1 is 1.02 bits per heavy atom. The van der Waals surface area contributed by atoms with Gasteiger partial charge in [-0.2, -0.15) is 4.90 Å². The quantitative estimate of drug-likeness (QED) is 0.169. The largest absolute Gasteiger partial charge is 0.507 e. The van der Waals surface area contributed by atoms with Crippen LogP contribution in [0.3, 0.4) is 0 Å². The molecule has 3 amide bonds. The smallest absolute Gasteiger partial charge is 0.455 e. The first-order valence-electron chi connectivity index (χ1n) is 14.4. The Bertz CT molecular complexity index is 1650. The van der Waals surface area contributed by atoms with Crippen molar-refractivity contribution in [3.63, 3.8) is 0 Å². The average Bonchev–Trinajstić information content (AvgIpc) is 3.28. The van der Waals surface area contributed by atoms with Gasteiger partial charge in [0.1, 0.15) is 5.75 Å². The number of carbonyl (C=O) groups excluding carboxylic acids is 3. The summed E-state index contributed by atoms with van der Waals surface area (Å²) < 4.78 is 10.7. The number of allylic oxidation sites excluding steroid dienone is 1. The van der Waals surface area contributed by atoms with Crippen LogP contribution in [-0.4, -0.2) is 65.0 Å². The summed E-state index contributed by atoms with van der Waals surface area (Å²) in [5, 5.41) is 33.2. The van der Waals surface area contributed by atoms with E-state index in [1.165, 1.54) is 0 Å². The molecule has 2 fully saturated rings. The van der Waals surface area contributed by atoms with Crippen molar-refractivity contribution in [1.82, 2.24) is 4.90 Å². The number of nitrogens with zero attached hydrogens (tertiary/aromatic N) is 1. The van der Waals surface area contributed by atoms with Crippen molar-refractivity contribution < 1.29 is 39.0 Å². The second kappa shape index (κ2) is 11.8. The first kappa shape index (κ1) is 28.9. The van der Waals surface area contributed by atoms with Gasteiger partial charge in [-0.3, -0.25) is 9.59 Å². The minimum atomic E-state index is -1.18. The van der Waals surface area contributed by atoms with E-state index < -0.39 is 48.9 Å². The van der Waals surface area contributed by atoms with Crippen molar-refractivity contribution in [3.05, 3.63) is 89.0 Å². The van der Waals surface area contributed by atoms with Crippen molar-refractivity contribution in [2.24, 2.45) is 17.8 Å².